The second-order valence-corrected chi connectivity index (χ2v) is 10.3. The molecule has 0 spiro atoms. The van der Waals surface area contributed by atoms with Gasteiger partial charge in [-0.05, 0) is 0 Å². The van der Waals surface area contributed by atoms with E-state index >= 15 is 0 Å². The Balaban J connectivity index is 0.00000200. The molecule has 0 unspecified atom stereocenters. The molecule has 0 aromatic rings. The minimum absolute atomic E-state index is 0. The van der Waals surface area contributed by atoms with E-state index < -0.39 is 22.9 Å². The second kappa shape index (κ2) is 11.9. The van der Waals surface area contributed by atoms with E-state index in [-0.39, 0.29) is 24.8 Å². The number of halogens is 2. The van der Waals surface area contributed by atoms with E-state index in [1.165, 1.54) is 51.4 Å². The van der Waals surface area contributed by atoms with Gasteiger partial charge in [-0.15, -0.1) is 0 Å². The molecule has 0 atom stereocenters. The van der Waals surface area contributed by atoms with Gasteiger partial charge >= 0.3 is 130 Å². The molecule has 3 heteroatoms. The molecule has 0 amide bonds. The van der Waals surface area contributed by atoms with Gasteiger partial charge in [-0.3, -0.25) is 0 Å². The summed E-state index contributed by atoms with van der Waals surface area (Å²) in [4.78, 5) is 0. The van der Waals surface area contributed by atoms with Crippen molar-refractivity contribution >= 4 is 0 Å². The van der Waals surface area contributed by atoms with E-state index in [9.17, 15) is 0 Å². The van der Waals surface area contributed by atoms with Gasteiger partial charge < -0.3 is 24.8 Å². The van der Waals surface area contributed by atoms with Crippen LogP contribution in [0.5, 0.6) is 0 Å². The van der Waals surface area contributed by atoms with Crippen molar-refractivity contribution in [3.63, 3.8) is 0 Å². The molecule has 0 saturated heterocycles. The molecule has 2 rings (SSSR count). The minimum atomic E-state index is -0.756. The number of allylic oxidation sites excluding steroid dienone is 8. The van der Waals surface area contributed by atoms with Crippen LogP contribution in [0.15, 0.2) is 42.1 Å². The standard InChI is InChI=1S/2C9H13.2ClH.Hf/c2*1-2-3-6-9-7-4-5-8-9;;;/h2*4-5H,2-3,6-7H2,1H3;2*1H;/q;;;;+2/p-2. The van der Waals surface area contributed by atoms with Gasteiger partial charge in [0.05, 0.1) is 0 Å². The zero-order valence-electron chi connectivity index (χ0n) is 13.2. The van der Waals surface area contributed by atoms with Crippen molar-refractivity contribution in [3.05, 3.63) is 42.1 Å². The van der Waals surface area contributed by atoms with E-state index in [1.807, 2.05) is 6.66 Å². The molecule has 0 aromatic carbocycles. The third kappa shape index (κ3) is 6.59. The number of hydrogen-bond acceptors (Lipinski definition) is 0. The van der Waals surface area contributed by atoms with Crippen LogP contribution in [0, 0.1) is 0 Å². The Morgan fingerprint density at radius 3 is 1.62 bits per heavy atom. The van der Waals surface area contributed by atoms with Crippen molar-refractivity contribution in [2.45, 2.75) is 65.2 Å². The zero-order chi connectivity index (χ0) is 13.5. The quantitative estimate of drug-likeness (QED) is 0.416. The fourth-order valence-corrected chi connectivity index (χ4v) is 8.14. The Bertz CT molecular complexity index is 390. The zero-order valence-corrected chi connectivity index (χ0v) is 18.3. The van der Waals surface area contributed by atoms with Crippen molar-refractivity contribution < 1.29 is 47.7 Å². The molecule has 0 aromatic heterocycles. The first kappa shape index (κ1) is 21.4. The summed E-state index contributed by atoms with van der Waals surface area (Å²) in [5, 5.41) is 0. The summed E-state index contributed by atoms with van der Waals surface area (Å²) in [7, 11) is 0. The Morgan fingerprint density at radius 2 is 1.24 bits per heavy atom. The molecule has 21 heavy (non-hydrogen) atoms. The largest absolute Gasteiger partial charge is 1.00 e. The van der Waals surface area contributed by atoms with Crippen LogP contribution in [0.2, 0.25) is 0 Å². The van der Waals surface area contributed by atoms with Crippen LogP contribution in [0.3, 0.4) is 0 Å². The van der Waals surface area contributed by atoms with Gasteiger partial charge in [0.1, 0.15) is 0 Å². The molecular weight excluding hydrogens is 466 g/mol. The van der Waals surface area contributed by atoms with E-state index in [0.717, 1.165) is 0 Å². The predicted molar refractivity (Wildman–Crippen MR) is 80.6 cm³/mol. The molecule has 2 aliphatic carbocycles. The van der Waals surface area contributed by atoms with Gasteiger partial charge in [0, 0.05) is 0 Å². The van der Waals surface area contributed by atoms with Crippen molar-refractivity contribution in [2.75, 3.05) is 0 Å². The molecule has 0 radical (unpaired) electrons. The fourth-order valence-electron chi connectivity index (χ4n) is 2.75. The summed E-state index contributed by atoms with van der Waals surface area (Å²) in [6, 6.07) is 0. The first-order chi connectivity index (χ1) is 9.35. The maximum Gasteiger partial charge on any atom is -1.00 e. The SMILES string of the molecule is CCCCC1=[C]([Hf+2][C]2=C(CCCC)CC=C2)C=CC1.[Cl-].[Cl-]. The fraction of sp³-hybridized carbons (Fsp3) is 0.556. The average molecular weight is 492 g/mol. The summed E-state index contributed by atoms with van der Waals surface area (Å²) < 4.78 is 3.62. The Kier molecular flexibility index (Phi) is 12.1. The topological polar surface area (TPSA) is 0 Å². The average Bonchev–Trinajstić information content (AvgIpc) is 3.04. The second-order valence-electron chi connectivity index (χ2n) is 5.58. The van der Waals surface area contributed by atoms with Gasteiger partial charge in [-0.2, -0.15) is 0 Å². The Morgan fingerprint density at radius 1 is 0.810 bits per heavy atom. The summed E-state index contributed by atoms with van der Waals surface area (Å²) in [5.41, 5.74) is 3.57. The molecule has 0 fully saturated rings. The molecule has 0 N–H and O–H groups in total. The summed E-state index contributed by atoms with van der Waals surface area (Å²) in [6.07, 6.45) is 20.4. The van der Waals surface area contributed by atoms with Crippen LogP contribution in [-0.2, 0) is 22.9 Å². The maximum absolute atomic E-state index is 2.46. The van der Waals surface area contributed by atoms with Crippen LogP contribution in [0.1, 0.15) is 65.2 Å². The van der Waals surface area contributed by atoms with Gasteiger partial charge in [-0.25, -0.2) is 0 Å². The molecule has 116 valence electrons. The monoisotopic (exact) mass is 492 g/mol. The summed E-state index contributed by atoms with van der Waals surface area (Å²) in [5.74, 6) is 0. The van der Waals surface area contributed by atoms with Gasteiger partial charge in [0.2, 0.25) is 0 Å². The van der Waals surface area contributed by atoms with Gasteiger partial charge in [-0.1, -0.05) is 0 Å². The van der Waals surface area contributed by atoms with Crippen molar-refractivity contribution in [1.82, 2.24) is 0 Å². The summed E-state index contributed by atoms with van der Waals surface area (Å²) >= 11 is -0.756. The van der Waals surface area contributed by atoms with Crippen LogP contribution < -0.4 is 24.8 Å². The molecule has 0 aliphatic heterocycles. The first-order valence-corrected chi connectivity index (χ1v) is 11.5. The van der Waals surface area contributed by atoms with Crippen LogP contribution in [0.25, 0.3) is 0 Å². The first-order valence-electron chi connectivity index (χ1n) is 7.89. The summed E-state index contributed by atoms with van der Waals surface area (Å²) in [6.45, 7) is 4.60. The normalized spacial score (nSPS) is 16.1. The molecule has 0 nitrogen and oxygen atoms in total. The van der Waals surface area contributed by atoms with Crippen LogP contribution >= 0.6 is 0 Å². The van der Waals surface area contributed by atoms with Crippen LogP contribution in [0.4, 0.5) is 0 Å². The molecular formula is C18H26Cl2Hf. The maximum atomic E-state index is 2.46. The molecule has 2 aliphatic rings. The van der Waals surface area contributed by atoms with E-state index in [0.29, 0.717) is 0 Å². The van der Waals surface area contributed by atoms with Crippen molar-refractivity contribution in [3.8, 4) is 0 Å². The Labute approximate surface area is 154 Å². The number of hydrogen-bond donors (Lipinski definition) is 0. The number of unbranched alkanes of at least 4 members (excludes halogenated alkanes) is 2. The van der Waals surface area contributed by atoms with Crippen molar-refractivity contribution in [2.24, 2.45) is 0 Å². The van der Waals surface area contributed by atoms with Gasteiger partial charge in [0.25, 0.3) is 0 Å². The van der Waals surface area contributed by atoms with E-state index in [2.05, 4.69) is 38.2 Å². The minimum Gasteiger partial charge on any atom is -1.00 e. The molecule has 0 saturated carbocycles. The van der Waals surface area contributed by atoms with Crippen molar-refractivity contribution in [1.29, 1.82) is 0 Å². The molecule has 0 heterocycles. The third-order valence-corrected chi connectivity index (χ3v) is 9.67. The molecule has 0 bridgehead atoms. The number of rotatable bonds is 8. The van der Waals surface area contributed by atoms with Crippen LogP contribution in [-0.4, -0.2) is 0 Å². The Hall–Kier alpha value is 0.410. The smallest absolute Gasteiger partial charge is 1.00 e. The predicted octanol–water partition coefficient (Wildman–Crippen LogP) is -0.115. The van der Waals surface area contributed by atoms with E-state index in [1.54, 1.807) is 11.1 Å². The van der Waals surface area contributed by atoms with Gasteiger partial charge in [0.15, 0.2) is 0 Å². The third-order valence-electron chi connectivity index (χ3n) is 3.99. The van der Waals surface area contributed by atoms with E-state index in [4.69, 9.17) is 0 Å².